The van der Waals surface area contributed by atoms with E-state index in [1.165, 1.54) is 38.5 Å². The molecule has 9 nitrogen and oxygen atoms in total. The van der Waals surface area contributed by atoms with Crippen LogP contribution in [0.1, 0.15) is 51.9 Å². The maximum absolute atomic E-state index is 8.55. The van der Waals surface area contributed by atoms with Crippen LogP contribution < -0.4 is 118 Å². The van der Waals surface area contributed by atoms with Gasteiger partial charge in [0.15, 0.2) is 0 Å². The summed E-state index contributed by atoms with van der Waals surface area (Å²) in [6.07, 6.45) is 8.93. The molecule has 126 valence electrons. The molecule has 23 heavy (non-hydrogen) atoms. The first-order valence-corrected chi connectivity index (χ1v) is 8.91. The normalized spacial score (nSPS) is 9.57. The van der Waals surface area contributed by atoms with Crippen LogP contribution in [-0.2, 0) is 9.13 Å². The summed E-state index contributed by atoms with van der Waals surface area (Å²) in [6, 6.07) is 0. The first kappa shape index (κ1) is 40.8. The van der Waals surface area contributed by atoms with Crippen LogP contribution in [0.3, 0.4) is 0 Å². The van der Waals surface area contributed by atoms with Crippen LogP contribution in [0.25, 0.3) is 0 Å². The fourth-order valence-corrected chi connectivity index (χ4v) is 1.07. The molecule has 0 unspecified atom stereocenters. The number of rotatable bonds is 7. The van der Waals surface area contributed by atoms with E-state index in [2.05, 4.69) is 6.92 Å². The summed E-state index contributed by atoms with van der Waals surface area (Å²) >= 11 is 0. The van der Waals surface area contributed by atoms with E-state index in [0.29, 0.717) is 6.61 Å². The van der Waals surface area contributed by atoms with Crippen LogP contribution in [0.15, 0.2) is 0 Å². The molecule has 0 spiro atoms. The van der Waals surface area contributed by atoms with Gasteiger partial charge in [-0.1, -0.05) is 45.4 Å². The molecule has 0 fully saturated rings. The molecule has 0 aromatic rings. The largest absolute Gasteiger partial charge is 1.00 e. The third kappa shape index (κ3) is 131. The molecule has 1 N–H and O–H groups in total. The first-order valence-electron chi connectivity index (χ1n) is 5.98. The monoisotopic (exact) mass is 403 g/mol. The minimum Gasteiger partial charge on any atom is -0.822 e. The Hall–Kier alpha value is 3.18. The van der Waals surface area contributed by atoms with Gasteiger partial charge in [-0.3, -0.25) is 0 Å². The Morgan fingerprint density at radius 3 is 1.09 bits per heavy atom. The molecule has 0 saturated carbocycles. The minimum atomic E-state index is -5.39. The van der Waals surface area contributed by atoms with Crippen LogP contribution in [0.5, 0.6) is 0 Å². The predicted molar refractivity (Wildman–Crippen MR) is 60.3 cm³/mol. The van der Waals surface area contributed by atoms with Crippen LogP contribution in [0, 0.1) is 0 Å². The number of aliphatic hydroxyl groups is 1. The zero-order valence-corrected chi connectivity index (χ0v) is 22.1. The molecule has 0 atom stereocenters. The van der Waals surface area contributed by atoms with Crippen molar-refractivity contribution in [2.45, 2.75) is 51.9 Å². The molecular formula is C9H20Na3O9P2-3. The zero-order valence-electron chi connectivity index (χ0n) is 14.3. The SMILES string of the molecule is CCCCCCCCCO.O=P([O-])([O-])[O-].O=P([O-])([O-])[O-].[Na+].[Na+].[Na+]. The third-order valence-electron chi connectivity index (χ3n) is 1.76. The Balaban J connectivity index is -0.0000000483. The van der Waals surface area contributed by atoms with Crippen molar-refractivity contribution in [3.63, 3.8) is 0 Å². The summed E-state index contributed by atoms with van der Waals surface area (Å²) in [5.74, 6) is 0. The van der Waals surface area contributed by atoms with E-state index in [1.807, 2.05) is 0 Å². The van der Waals surface area contributed by atoms with Gasteiger partial charge in [-0.25, -0.2) is 0 Å². The second-order valence-electron chi connectivity index (χ2n) is 3.74. The van der Waals surface area contributed by atoms with E-state index in [4.69, 9.17) is 43.6 Å². The summed E-state index contributed by atoms with van der Waals surface area (Å²) in [5.41, 5.74) is 0. The van der Waals surface area contributed by atoms with E-state index in [1.54, 1.807) is 0 Å². The van der Waals surface area contributed by atoms with Crippen LogP contribution in [0.4, 0.5) is 0 Å². The van der Waals surface area contributed by atoms with Gasteiger partial charge in [0.05, 0.1) is 0 Å². The molecule has 0 aliphatic heterocycles. The summed E-state index contributed by atoms with van der Waals surface area (Å²) < 4.78 is 17.1. The van der Waals surface area contributed by atoms with Crippen LogP contribution in [0.2, 0.25) is 0 Å². The van der Waals surface area contributed by atoms with Gasteiger partial charge < -0.3 is 43.6 Å². The fourth-order valence-electron chi connectivity index (χ4n) is 1.07. The number of hydrogen-bond donors (Lipinski definition) is 1. The van der Waals surface area contributed by atoms with Crippen molar-refractivity contribution in [1.82, 2.24) is 0 Å². The standard InChI is InChI=1S/C9H20O.3Na.2H3O4P/c1-2-3-4-5-6-7-8-9-10;;;;2*1-5(2,3)4/h10H,2-9H2,1H3;;;;2*(H3,1,2,3,4)/q;3*+1;;/p-6. The van der Waals surface area contributed by atoms with E-state index in [9.17, 15) is 0 Å². The molecule has 0 heterocycles. The topological polar surface area (TPSA) is 193 Å². The number of aliphatic hydroxyl groups excluding tert-OH is 1. The fraction of sp³-hybridized carbons (Fsp3) is 1.00. The van der Waals surface area contributed by atoms with Gasteiger partial charge in [0, 0.05) is 6.61 Å². The molecule has 0 aliphatic carbocycles. The van der Waals surface area contributed by atoms with Crippen molar-refractivity contribution in [3.8, 4) is 0 Å². The summed E-state index contributed by atoms with van der Waals surface area (Å²) in [6.45, 7) is 2.60. The van der Waals surface area contributed by atoms with Gasteiger partial charge in [-0.15, -0.1) is 0 Å². The Kier molecular flexibility index (Phi) is 48.6. The molecule has 0 bridgehead atoms. The summed E-state index contributed by atoms with van der Waals surface area (Å²) in [5, 5.41) is 8.47. The maximum atomic E-state index is 8.55. The van der Waals surface area contributed by atoms with Gasteiger partial charge in [0.25, 0.3) is 0 Å². The number of unbranched alkanes of at least 4 members (excludes halogenated alkanes) is 6. The molecule has 0 aliphatic rings. The van der Waals surface area contributed by atoms with Crippen molar-refractivity contribution in [2.75, 3.05) is 6.61 Å². The predicted octanol–water partition coefficient (Wildman–Crippen LogP) is -11.9. The second kappa shape index (κ2) is 27.4. The number of hydrogen-bond acceptors (Lipinski definition) is 9. The average molecular weight is 403 g/mol. The molecule has 0 amide bonds. The minimum absolute atomic E-state index is 0. The van der Waals surface area contributed by atoms with Crippen molar-refractivity contribution in [3.05, 3.63) is 0 Å². The second-order valence-corrected chi connectivity index (χ2v) is 5.53. The van der Waals surface area contributed by atoms with Gasteiger partial charge in [-0.2, -0.15) is 15.6 Å². The number of phosphoric acid groups is 2. The summed E-state index contributed by atoms with van der Waals surface area (Å²) in [4.78, 5) is 51.3. The van der Waals surface area contributed by atoms with Gasteiger partial charge in [0.1, 0.15) is 0 Å². The molecule has 0 radical (unpaired) electrons. The quantitative estimate of drug-likeness (QED) is 0.244. The third-order valence-corrected chi connectivity index (χ3v) is 1.76. The van der Waals surface area contributed by atoms with Gasteiger partial charge in [0.2, 0.25) is 0 Å². The van der Waals surface area contributed by atoms with Crippen LogP contribution >= 0.6 is 15.6 Å². The Morgan fingerprint density at radius 2 is 0.870 bits per heavy atom. The average Bonchev–Trinajstić information content (AvgIpc) is 2.18. The van der Waals surface area contributed by atoms with E-state index in [-0.39, 0.29) is 88.7 Å². The van der Waals surface area contributed by atoms with Crippen molar-refractivity contribution < 1.29 is 132 Å². The molecule has 0 aromatic heterocycles. The van der Waals surface area contributed by atoms with Crippen LogP contribution in [-0.4, -0.2) is 11.7 Å². The molecule has 0 saturated heterocycles. The van der Waals surface area contributed by atoms with Gasteiger partial charge >= 0.3 is 88.7 Å². The first-order chi connectivity index (χ1) is 8.91. The summed E-state index contributed by atoms with van der Waals surface area (Å²) in [7, 11) is -10.8. The van der Waals surface area contributed by atoms with Crippen molar-refractivity contribution in [2.24, 2.45) is 0 Å². The molecular weight excluding hydrogens is 383 g/mol. The zero-order chi connectivity index (χ0) is 16.7. The van der Waals surface area contributed by atoms with Gasteiger partial charge in [-0.05, 0) is 6.42 Å². The Labute approximate surface area is 204 Å². The smallest absolute Gasteiger partial charge is 0.822 e. The van der Waals surface area contributed by atoms with E-state index < -0.39 is 15.6 Å². The van der Waals surface area contributed by atoms with Crippen molar-refractivity contribution >= 4 is 15.6 Å². The Bertz CT molecular complexity index is 241. The molecule has 14 heteroatoms. The molecule has 0 rings (SSSR count). The Morgan fingerprint density at radius 1 is 0.652 bits per heavy atom. The van der Waals surface area contributed by atoms with Crippen molar-refractivity contribution in [1.29, 1.82) is 0 Å². The molecule has 0 aromatic carbocycles. The van der Waals surface area contributed by atoms with E-state index >= 15 is 0 Å². The van der Waals surface area contributed by atoms with E-state index in [0.717, 1.165) is 6.42 Å². The maximum Gasteiger partial charge on any atom is 1.00 e.